The lowest BCUT2D eigenvalue weighted by molar-refractivity contribution is -0.137. The van der Waals surface area contributed by atoms with E-state index in [-0.39, 0.29) is 42.1 Å². The van der Waals surface area contributed by atoms with E-state index >= 15 is 0 Å². The Kier molecular flexibility index (Phi) is 7.29. The lowest BCUT2D eigenvalue weighted by Gasteiger charge is -2.37. The van der Waals surface area contributed by atoms with Crippen molar-refractivity contribution in [1.29, 1.82) is 0 Å². The number of methoxy groups -OCH3 is 1. The molecule has 2 rings (SSSR count). The van der Waals surface area contributed by atoms with Crippen LogP contribution in [0.4, 0.5) is 13.2 Å². The lowest BCUT2D eigenvalue weighted by atomic mass is 10.0. The average Bonchev–Trinajstić information content (AvgIpc) is 2.52. The van der Waals surface area contributed by atoms with Crippen molar-refractivity contribution in [3.63, 3.8) is 0 Å². The summed E-state index contributed by atoms with van der Waals surface area (Å²) in [6.07, 6.45) is -3.60. The quantitative estimate of drug-likeness (QED) is 0.840. The molecule has 2 N–H and O–H groups in total. The van der Waals surface area contributed by atoms with Gasteiger partial charge in [0.05, 0.1) is 16.6 Å². The minimum absolute atomic E-state index is 0. The van der Waals surface area contributed by atoms with Gasteiger partial charge in [0, 0.05) is 26.2 Å². The van der Waals surface area contributed by atoms with Crippen molar-refractivity contribution in [1.82, 2.24) is 4.31 Å². The fourth-order valence-electron chi connectivity index (χ4n) is 2.98. The third-order valence-corrected chi connectivity index (χ3v) is 6.42. The predicted molar refractivity (Wildman–Crippen MR) is 90.2 cm³/mol. The third-order valence-electron chi connectivity index (χ3n) is 4.31. The SMILES string of the molecule is COC1CCN(S(=O)(=O)c2ccc(C(F)(F)F)cc2C)C(CN)C1.Cl. The summed E-state index contributed by atoms with van der Waals surface area (Å²) >= 11 is 0. The van der Waals surface area contributed by atoms with Crippen LogP contribution in [0, 0.1) is 6.92 Å². The highest BCUT2D eigenvalue weighted by atomic mass is 35.5. The number of alkyl halides is 3. The van der Waals surface area contributed by atoms with E-state index in [1.54, 1.807) is 7.11 Å². The highest BCUT2D eigenvalue weighted by molar-refractivity contribution is 7.89. The Balaban J connectivity index is 0.00000312. The molecule has 1 fully saturated rings. The van der Waals surface area contributed by atoms with E-state index in [0.29, 0.717) is 12.8 Å². The maximum atomic E-state index is 12.9. The van der Waals surface area contributed by atoms with Crippen LogP contribution in [-0.4, -0.2) is 45.1 Å². The zero-order valence-corrected chi connectivity index (χ0v) is 15.5. The highest BCUT2D eigenvalue weighted by Gasteiger charge is 2.38. The second-order valence-corrected chi connectivity index (χ2v) is 7.72. The highest BCUT2D eigenvalue weighted by Crippen LogP contribution is 2.33. The Morgan fingerprint density at radius 3 is 2.48 bits per heavy atom. The number of rotatable bonds is 4. The summed E-state index contributed by atoms with van der Waals surface area (Å²) in [7, 11) is -2.36. The number of nitrogens with zero attached hydrogens (tertiary/aromatic N) is 1. The Bertz CT molecular complexity index is 698. The van der Waals surface area contributed by atoms with Crippen molar-refractivity contribution in [3.05, 3.63) is 29.3 Å². The molecule has 0 saturated carbocycles. The smallest absolute Gasteiger partial charge is 0.381 e. The first-order valence-electron chi connectivity index (χ1n) is 7.53. The van der Waals surface area contributed by atoms with Crippen LogP contribution in [0.25, 0.3) is 0 Å². The first-order chi connectivity index (χ1) is 11.1. The Morgan fingerprint density at radius 2 is 2.00 bits per heavy atom. The Labute approximate surface area is 151 Å². The molecule has 10 heteroatoms. The number of benzene rings is 1. The molecule has 25 heavy (non-hydrogen) atoms. The van der Waals surface area contributed by atoms with E-state index < -0.39 is 27.8 Å². The van der Waals surface area contributed by atoms with Gasteiger partial charge in [-0.1, -0.05) is 0 Å². The van der Waals surface area contributed by atoms with Crippen molar-refractivity contribution in [2.75, 3.05) is 20.2 Å². The second kappa shape index (κ2) is 8.22. The largest absolute Gasteiger partial charge is 0.416 e. The molecule has 1 saturated heterocycles. The molecule has 2 unspecified atom stereocenters. The molecule has 1 aliphatic heterocycles. The summed E-state index contributed by atoms with van der Waals surface area (Å²) in [5.41, 5.74) is 4.89. The summed E-state index contributed by atoms with van der Waals surface area (Å²) in [6.45, 7) is 1.71. The number of piperidine rings is 1. The fraction of sp³-hybridized carbons (Fsp3) is 0.600. The first-order valence-corrected chi connectivity index (χ1v) is 8.97. The van der Waals surface area contributed by atoms with Crippen molar-refractivity contribution in [2.45, 2.75) is 43.0 Å². The van der Waals surface area contributed by atoms with Crippen LogP contribution in [0.2, 0.25) is 0 Å². The van der Waals surface area contributed by atoms with Crippen molar-refractivity contribution in [3.8, 4) is 0 Å². The minimum Gasteiger partial charge on any atom is -0.381 e. The van der Waals surface area contributed by atoms with Gasteiger partial charge in [-0.2, -0.15) is 17.5 Å². The normalized spacial score (nSPS) is 22.5. The number of nitrogens with two attached hydrogens (primary N) is 1. The van der Waals surface area contributed by atoms with E-state index in [1.807, 2.05) is 0 Å². The molecule has 0 spiro atoms. The Morgan fingerprint density at radius 1 is 1.36 bits per heavy atom. The summed E-state index contributed by atoms with van der Waals surface area (Å²) in [6, 6.07) is 2.23. The standard InChI is InChI=1S/C15H21F3N2O3S.ClH/c1-10-7-11(15(16,17)18)3-4-14(10)24(21,22)20-6-5-13(23-2)8-12(20)9-19;/h3-4,7,12-13H,5-6,8-9,19H2,1-2H3;1H. The van der Waals surface area contributed by atoms with Crippen molar-refractivity contribution < 1.29 is 26.3 Å². The van der Waals surface area contributed by atoms with Gasteiger partial charge in [-0.25, -0.2) is 8.42 Å². The number of hydrogen-bond acceptors (Lipinski definition) is 4. The first kappa shape index (κ1) is 22.2. The predicted octanol–water partition coefficient (Wildman–Crippen LogP) is 2.56. The van der Waals surface area contributed by atoms with Crippen LogP contribution in [0.3, 0.4) is 0 Å². The topological polar surface area (TPSA) is 72.6 Å². The molecular weight excluding hydrogens is 381 g/mol. The molecule has 0 radical (unpaired) electrons. The van der Waals surface area contributed by atoms with Crippen LogP contribution in [0.1, 0.15) is 24.0 Å². The minimum atomic E-state index is -4.51. The molecule has 0 bridgehead atoms. The van der Waals surface area contributed by atoms with E-state index in [9.17, 15) is 21.6 Å². The number of sulfonamides is 1. The molecule has 144 valence electrons. The molecule has 0 aliphatic carbocycles. The van der Waals surface area contributed by atoms with Gasteiger partial charge >= 0.3 is 6.18 Å². The molecule has 5 nitrogen and oxygen atoms in total. The van der Waals surface area contributed by atoms with Gasteiger partial charge in [-0.05, 0) is 43.5 Å². The fourth-order valence-corrected chi connectivity index (χ4v) is 4.85. The number of aryl methyl sites for hydroxylation is 1. The zero-order valence-electron chi connectivity index (χ0n) is 13.9. The van der Waals surface area contributed by atoms with Gasteiger partial charge < -0.3 is 10.5 Å². The van der Waals surface area contributed by atoms with E-state index in [0.717, 1.165) is 18.2 Å². The van der Waals surface area contributed by atoms with Crippen molar-refractivity contribution >= 4 is 22.4 Å². The van der Waals surface area contributed by atoms with Crippen molar-refractivity contribution in [2.24, 2.45) is 5.73 Å². The molecule has 1 aromatic carbocycles. The maximum Gasteiger partial charge on any atom is 0.416 e. The van der Waals surface area contributed by atoms with Crippen LogP contribution in [-0.2, 0) is 20.9 Å². The number of hydrogen-bond donors (Lipinski definition) is 1. The monoisotopic (exact) mass is 402 g/mol. The van der Waals surface area contributed by atoms with Crippen LogP contribution in [0.5, 0.6) is 0 Å². The summed E-state index contributed by atoms with van der Waals surface area (Å²) in [5, 5.41) is 0. The summed E-state index contributed by atoms with van der Waals surface area (Å²) in [4.78, 5) is -0.121. The molecule has 0 aromatic heterocycles. The number of halogens is 4. The van der Waals surface area contributed by atoms with Crippen LogP contribution in [0.15, 0.2) is 23.1 Å². The molecule has 1 aromatic rings. The maximum absolute atomic E-state index is 12.9. The Hall–Kier alpha value is -0.870. The van der Waals surface area contributed by atoms with Gasteiger partial charge in [0.1, 0.15) is 0 Å². The molecule has 1 heterocycles. The van der Waals surface area contributed by atoms with E-state index in [1.165, 1.54) is 11.2 Å². The summed E-state index contributed by atoms with van der Waals surface area (Å²) < 4.78 is 70.6. The van der Waals surface area contributed by atoms with Gasteiger partial charge in [-0.15, -0.1) is 12.4 Å². The average molecular weight is 403 g/mol. The van der Waals surface area contributed by atoms with Crippen LogP contribution < -0.4 is 5.73 Å². The van der Waals surface area contributed by atoms with Gasteiger partial charge in [0.15, 0.2) is 0 Å². The molecule has 0 amide bonds. The van der Waals surface area contributed by atoms with Gasteiger partial charge in [-0.3, -0.25) is 0 Å². The molecular formula is C15H22ClF3N2O3S. The molecule has 1 aliphatic rings. The van der Waals surface area contributed by atoms with E-state index in [2.05, 4.69) is 0 Å². The lowest BCUT2D eigenvalue weighted by Crippen LogP contribution is -2.51. The van der Waals surface area contributed by atoms with Gasteiger partial charge in [0.25, 0.3) is 0 Å². The van der Waals surface area contributed by atoms with Gasteiger partial charge in [0.2, 0.25) is 10.0 Å². The number of ether oxygens (including phenoxy) is 1. The second-order valence-electron chi connectivity index (χ2n) is 5.87. The summed E-state index contributed by atoms with van der Waals surface area (Å²) in [5.74, 6) is 0. The third kappa shape index (κ3) is 4.65. The zero-order chi connectivity index (χ0) is 18.1. The molecule has 2 atom stereocenters. The van der Waals surface area contributed by atoms with E-state index in [4.69, 9.17) is 10.5 Å². The van der Waals surface area contributed by atoms with Crippen LogP contribution >= 0.6 is 12.4 Å².